The first-order valence-electron chi connectivity index (χ1n) is 18.0. The van der Waals surface area contributed by atoms with Crippen molar-refractivity contribution in [3.8, 4) is 0 Å². The van der Waals surface area contributed by atoms with E-state index in [2.05, 4.69) is 29.9 Å². The van der Waals surface area contributed by atoms with E-state index >= 15 is 0 Å². The van der Waals surface area contributed by atoms with E-state index < -0.39 is 32.7 Å². The fraction of sp³-hybridized carbons (Fsp3) is 0.243. The molecule has 7 aromatic rings. The average molecular weight is 849 g/mol. The fourth-order valence-corrected chi connectivity index (χ4v) is 7.40. The maximum absolute atomic E-state index is 13.4. The lowest BCUT2D eigenvalue weighted by Crippen LogP contribution is -2.13. The molecule has 310 valence electrons. The van der Waals surface area contributed by atoms with Crippen molar-refractivity contribution in [1.29, 1.82) is 0 Å². The van der Waals surface area contributed by atoms with E-state index in [4.69, 9.17) is 34.5 Å². The first kappa shape index (κ1) is 42.8. The molecule has 1 unspecified atom stereocenters. The number of rotatable bonds is 19. The summed E-state index contributed by atoms with van der Waals surface area (Å²) in [5, 5.41) is 0. The van der Waals surface area contributed by atoms with Gasteiger partial charge in [-0.3, -0.25) is 28.7 Å². The zero-order valence-electron chi connectivity index (χ0n) is 31.5. The van der Waals surface area contributed by atoms with Crippen LogP contribution in [0, 0.1) is 0 Å². The van der Waals surface area contributed by atoms with Gasteiger partial charge in [0.05, 0.1) is 45.7 Å². The lowest BCUT2D eigenvalue weighted by Gasteiger charge is -2.19. The van der Waals surface area contributed by atoms with Crippen LogP contribution in [0.1, 0.15) is 16.7 Å². The summed E-state index contributed by atoms with van der Waals surface area (Å²) in [5.74, 6) is -0.0115. The molecule has 0 aliphatic carbocycles. The maximum atomic E-state index is 13.4. The van der Waals surface area contributed by atoms with E-state index in [9.17, 15) is 23.6 Å². The number of hydrogen-bond acceptors (Lipinski definition) is 15. The van der Waals surface area contributed by atoms with Crippen LogP contribution in [-0.2, 0) is 65.1 Å². The number of aromatic nitrogens is 8. The number of benzene rings is 3. The second kappa shape index (κ2) is 20.2. The summed E-state index contributed by atoms with van der Waals surface area (Å²) >= 11 is 0. The Bertz CT molecular complexity index is 2590. The molecule has 0 fully saturated rings. The number of nitrogens with two attached hydrogens (primary N) is 2. The van der Waals surface area contributed by atoms with Crippen molar-refractivity contribution in [2.75, 3.05) is 37.4 Å². The van der Waals surface area contributed by atoms with Gasteiger partial charge in [0.2, 0.25) is 11.9 Å². The molecule has 0 saturated heterocycles. The van der Waals surface area contributed by atoms with Gasteiger partial charge in [-0.15, -0.1) is 0 Å². The lowest BCUT2D eigenvalue weighted by atomic mass is 10.2. The smallest absolute Gasteiger partial charge is 0.356 e. The minimum Gasteiger partial charge on any atom is -0.369 e. The van der Waals surface area contributed by atoms with Crippen LogP contribution in [0.15, 0.2) is 113 Å². The summed E-state index contributed by atoms with van der Waals surface area (Å²) in [5.41, 5.74) is 13.9. The number of imidazole rings is 2. The Morgan fingerprint density at radius 3 is 1.41 bits per heavy atom. The Morgan fingerprint density at radius 2 is 0.983 bits per heavy atom. The quantitative estimate of drug-likeness (QED) is 0.0558. The van der Waals surface area contributed by atoms with Gasteiger partial charge in [-0.2, -0.15) is 9.97 Å². The van der Waals surface area contributed by atoms with Crippen LogP contribution < -0.4 is 22.6 Å². The molecule has 0 spiro atoms. The molecule has 20 nitrogen and oxygen atoms in total. The standard InChI is InChI=1S/C22H24N5O5P.C15H18N5O5P/c23-22-25-20-19(21(28)26-22)24-15-27(20)11-12-30-16-33(29,31-13-17-7-3-1-4-8-17)32-14-18-9-5-2-6-10-18;16-15-18-13-12(14(21)19-15)17-9-20(13)6-7-24-10-26(22,23)25-8-11-4-2-1-3-5-11/h1-10,15H,11-14,16H2,(H3,23,25,26,28);1-5,9H,6-8,10H2,(H,22,23)(H3,16,18,19,21). The molecule has 59 heavy (non-hydrogen) atoms. The molecule has 0 bridgehead atoms. The van der Waals surface area contributed by atoms with Gasteiger partial charge in [0, 0.05) is 13.1 Å². The third kappa shape index (κ3) is 12.6. The average Bonchev–Trinajstić information content (AvgIpc) is 3.84. The molecule has 4 aromatic heterocycles. The zero-order chi connectivity index (χ0) is 41.7. The number of nitrogen functional groups attached to an aromatic ring is 2. The topological polar surface area (TPSA) is 280 Å². The van der Waals surface area contributed by atoms with Crippen molar-refractivity contribution in [3.05, 3.63) is 141 Å². The molecule has 0 aliphatic rings. The van der Waals surface area contributed by atoms with Crippen LogP contribution in [0.2, 0.25) is 0 Å². The van der Waals surface area contributed by atoms with Crippen molar-refractivity contribution in [3.63, 3.8) is 0 Å². The minimum absolute atomic E-state index is 0.00305. The van der Waals surface area contributed by atoms with Crippen molar-refractivity contribution < 1.29 is 37.1 Å². The van der Waals surface area contributed by atoms with Crippen molar-refractivity contribution in [2.45, 2.75) is 32.9 Å². The molecule has 7 rings (SSSR count). The van der Waals surface area contributed by atoms with Gasteiger partial charge in [0.1, 0.15) is 12.7 Å². The van der Waals surface area contributed by atoms with Crippen LogP contribution in [0.5, 0.6) is 0 Å². The van der Waals surface area contributed by atoms with E-state index in [0.29, 0.717) is 17.8 Å². The van der Waals surface area contributed by atoms with E-state index in [1.807, 2.05) is 78.9 Å². The Labute approximate surface area is 336 Å². The zero-order valence-corrected chi connectivity index (χ0v) is 33.3. The van der Waals surface area contributed by atoms with Crippen LogP contribution in [-0.4, -0.2) is 69.8 Å². The highest BCUT2D eigenvalue weighted by Gasteiger charge is 2.26. The molecule has 0 radical (unpaired) electrons. The first-order valence-corrected chi connectivity index (χ1v) is 21.5. The molecular weight excluding hydrogens is 806 g/mol. The second-order valence-corrected chi connectivity index (χ2v) is 16.5. The SMILES string of the molecule is Nc1nc2c(ncn2CCOCP(=O)(O)OCc2ccccc2)c(=O)[nH]1.Nc1nc2c(ncn2CCOCP(=O)(OCc2ccccc2)OCc2ccccc2)c(=O)[nH]1. The number of anilines is 2. The van der Waals surface area contributed by atoms with Gasteiger partial charge >= 0.3 is 15.2 Å². The van der Waals surface area contributed by atoms with E-state index in [1.54, 1.807) is 21.3 Å². The molecule has 0 saturated carbocycles. The monoisotopic (exact) mass is 848 g/mol. The molecule has 1 atom stereocenters. The largest absolute Gasteiger partial charge is 0.369 e. The summed E-state index contributed by atoms with van der Waals surface area (Å²) < 4.78 is 55.9. The van der Waals surface area contributed by atoms with Gasteiger partial charge in [-0.05, 0) is 16.7 Å². The molecule has 4 heterocycles. The third-order valence-corrected chi connectivity index (χ3v) is 10.8. The van der Waals surface area contributed by atoms with Crippen LogP contribution in [0.4, 0.5) is 11.9 Å². The molecule has 0 amide bonds. The Kier molecular flexibility index (Phi) is 14.7. The van der Waals surface area contributed by atoms with E-state index in [1.165, 1.54) is 12.7 Å². The predicted molar refractivity (Wildman–Crippen MR) is 218 cm³/mol. The Morgan fingerprint density at radius 1 is 0.593 bits per heavy atom. The summed E-state index contributed by atoms with van der Waals surface area (Å²) in [6.45, 7) is 1.18. The minimum atomic E-state index is -3.87. The van der Waals surface area contributed by atoms with Gasteiger partial charge < -0.3 is 48.5 Å². The van der Waals surface area contributed by atoms with Crippen LogP contribution in [0.25, 0.3) is 22.3 Å². The number of nitrogens with zero attached hydrogens (tertiary/aromatic N) is 6. The summed E-state index contributed by atoms with van der Waals surface area (Å²) in [6.07, 6.45) is 2.24. The second-order valence-electron chi connectivity index (χ2n) is 12.7. The van der Waals surface area contributed by atoms with Gasteiger partial charge in [-0.1, -0.05) is 91.0 Å². The van der Waals surface area contributed by atoms with E-state index in [0.717, 1.165) is 16.7 Å². The lowest BCUT2D eigenvalue weighted by molar-refractivity contribution is 0.117. The number of H-pyrrole nitrogens is 2. The summed E-state index contributed by atoms with van der Waals surface area (Å²) in [6, 6.07) is 27.9. The first-order chi connectivity index (χ1) is 28.5. The number of ether oxygens (including phenoxy) is 2. The molecular formula is C37H42N10O10P2. The van der Waals surface area contributed by atoms with Gasteiger partial charge in [0.15, 0.2) is 22.3 Å². The highest BCUT2D eigenvalue weighted by molar-refractivity contribution is 7.53. The Balaban J connectivity index is 0.000000204. The predicted octanol–water partition coefficient (Wildman–Crippen LogP) is 4.38. The Hall–Kier alpha value is -5.82. The number of fused-ring (bicyclic) bond motifs is 2. The number of hydrogen-bond donors (Lipinski definition) is 5. The summed E-state index contributed by atoms with van der Waals surface area (Å²) in [4.78, 5) is 54.3. The van der Waals surface area contributed by atoms with Crippen molar-refractivity contribution in [1.82, 2.24) is 39.0 Å². The third-order valence-electron chi connectivity index (χ3n) is 8.26. The molecule has 0 aliphatic heterocycles. The summed E-state index contributed by atoms with van der Waals surface area (Å²) in [7, 11) is -7.42. The molecule has 22 heteroatoms. The highest BCUT2D eigenvalue weighted by atomic mass is 31.2. The van der Waals surface area contributed by atoms with Crippen molar-refractivity contribution in [2.24, 2.45) is 0 Å². The number of nitrogens with one attached hydrogen (secondary N) is 2. The van der Waals surface area contributed by atoms with Gasteiger partial charge in [0.25, 0.3) is 11.1 Å². The normalized spacial score (nSPS) is 12.6. The maximum Gasteiger partial charge on any atom is 0.356 e. The van der Waals surface area contributed by atoms with Crippen LogP contribution in [0.3, 0.4) is 0 Å². The number of aromatic amines is 2. The molecule has 7 N–H and O–H groups in total. The molecule has 3 aromatic carbocycles. The fourth-order valence-electron chi connectivity index (χ4n) is 5.34. The van der Waals surface area contributed by atoms with Gasteiger partial charge in [-0.25, -0.2) is 9.97 Å². The van der Waals surface area contributed by atoms with Crippen molar-refractivity contribution >= 4 is 49.4 Å². The van der Waals surface area contributed by atoms with E-state index in [-0.39, 0.29) is 68.9 Å². The van der Waals surface area contributed by atoms with Crippen LogP contribution >= 0.6 is 15.2 Å². The highest BCUT2D eigenvalue weighted by Crippen LogP contribution is 2.49.